The van der Waals surface area contributed by atoms with Crippen LogP contribution in [0.1, 0.15) is 76.0 Å². The van der Waals surface area contributed by atoms with Crippen LogP contribution in [0, 0.1) is 0 Å². The second-order valence-corrected chi connectivity index (χ2v) is 8.05. The van der Waals surface area contributed by atoms with E-state index in [0.717, 1.165) is 6.42 Å². The van der Waals surface area contributed by atoms with Gasteiger partial charge in [-0.25, -0.2) is 0 Å². The summed E-state index contributed by atoms with van der Waals surface area (Å²) in [5.74, 6) is 0. The smallest absolute Gasteiger partial charge is 0.106 e. The van der Waals surface area contributed by atoms with E-state index in [1.54, 1.807) is 0 Å². The Bertz CT molecular complexity index is 667. The Labute approximate surface area is 171 Å². The Morgan fingerprint density at radius 1 is 0.714 bits per heavy atom. The molecule has 0 N–H and O–H groups in total. The molecule has 1 aliphatic rings. The van der Waals surface area contributed by atoms with Crippen LogP contribution in [0.15, 0.2) is 48.5 Å². The average Bonchev–Trinajstić information content (AvgIpc) is 2.76. The van der Waals surface area contributed by atoms with E-state index in [2.05, 4.69) is 62.4 Å². The van der Waals surface area contributed by atoms with Crippen molar-refractivity contribution in [3.63, 3.8) is 0 Å². The first kappa shape index (κ1) is 21.1. The highest BCUT2D eigenvalue weighted by Crippen LogP contribution is 2.27. The van der Waals surface area contributed by atoms with Crippen molar-refractivity contribution in [2.75, 3.05) is 13.2 Å². The van der Waals surface area contributed by atoms with Gasteiger partial charge in [-0.05, 0) is 41.5 Å². The van der Waals surface area contributed by atoms with Gasteiger partial charge in [0.15, 0.2) is 0 Å². The van der Waals surface area contributed by atoms with Crippen LogP contribution in [-0.4, -0.2) is 19.3 Å². The first-order chi connectivity index (χ1) is 13.8. The van der Waals surface area contributed by atoms with E-state index in [0.29, 0.717) is 13.2 Å². The molecule has 2 atom stereocenters. The summed E-state index contributed by atoms with van der Waals surface area (Å²) in [7, 11) is 0. The van der Waals surface area contributed by atoms with Crippen molar-refractivity contribution >= 4 is 0 Å². The molecule has 0 spiro atoms. The maximum absolute atomic E-state index is 6.06. The highest BCUT2D eigenvalue weighted by atomic mass is 16.6. The topological polar surface area (TPSA) is 18.5 Å². The second kappa shape index (κ2) is 11.4. The van der Waals surface area contributed by atoms with Gasteiger partial charge >= 0.3 is 0 Å². The lowest BCUT2D eigenvalue weighted by atomic mass is 9.99. The van der Waals surface area contributed by atoms with E-state index in [9.17, 15) is 0 Å². The Balaban J connectivity index is 1.51. The molecule has 1 heterocycles. The highest BCUT2D eigenvalue weighted by molar-refractivity contribution is 5.64. The van der Waals surface area contributed by atoms with E-state index in [-0.39, 0.29) is 12.2 Å². The van der Waals surface area contributed by atoms with Crippen LogP contribution in [-0.2, 0) is 15.9 Å². The molecule has 0 aliphatic carbocycles. The van der Waals surface area contributed by atoms with Crippen molar-refractivity contribution in [1.82, 2.24) is 0 Å². The van der Waals surface area contributed by atoms with E-state index in [1.807, 2.05) is 0 Å². The maximum atomic E-state index is 6.06. The molecule has 1 fully saturated rings. The summed E-state index contributed by atoms with van der Waals surface area (Å²) in [5.41, 5.74) is 5.20. The van der Waals surface area contributed by atoms with Gasteiger partial charge in [0.1, 0.15) is 6.10 Å². The summed E-state index contributed by atoms with van der Waals surface area (Å²) in [6.07, 6.45) is 10.3. The molecule has 28 heavy (non-hydrogen) atoms. The molecule has 152 valence electrons. The third kappa shape index (κ3) is 6.18. The minimum atomic E-state index is 0.0671. The molecule has 2 heteroatoms. The van der Waals surface area contributed by atoms with Gasteiger partial charge in [-0.15, -0.1) is 0 Å². The largest absolute Gasteiger partial charge is 0.373 e. The molecule has 1 saturated heterocycles. The number of benzene rings is 2. The van der Waals surface area contributed by atoms with Crippen LogP contribution in [0.4, 0.5) is 0 Å². The zero-order chi connectivity index (χ0) is 19.6. The average molecular weight is 381 g/mol. The van der Waals surface area contributed by atoms with Gasteiger partial charge in [-0.2, -0.15) is 0 Å². The molecule has 0 amide bonds. The molecule has 0 radical (unpaired) electrons. The SMILES string of the molecule is CCCCCCc1ccc(-c2ccc([C@@H]3CO[C@@H](CCCC)CO3)cc2)cc1. The Hall–Kier alpha value is -1.64. The number of aryl methyl sites for hydroxylation is 1. The summed E-state index contributed by atoms with van der Waals surface area (Å²) >= 11 is 0. The van der Waals surface area contributed by atoms with Gasteiger partial charge in [0.2, 0.25) is 0 Å². The fourth-order valence-corrected chi connectivity index (χ4v) is 3.84. The van der Waals surface area contributed by atoms with E-state index < -0.39 is 0 Å². The lowest BCUT2D eigenvalue weighted by molar-refractivity contribution is -0.137. The molecular weight excluding hydrogens is 344 g/mol. The Morgan fingerprint density at radius 2 is 1.39 bits per heavy atom. The van der Waals surface area contributed by atoms with Crippen LogP contribution in [0.3, 0.4) is 0 Å². The van der Waals surface area contributed by atoms with E-state index in [1.165, 1.54) is 67.2 Å². The normalized spacial score (nSPS) is 19.6. The zero-order valence-electron chi connectivity index (χ0n) is 17.7. The molecule has 0 saturated carbocycles. The first-order valence-corrected chi connectivity index (χ1v) is 11.2. The molecule has 3 rings (SSSR count). The number of hydrogen-bond acceptors (Lipinski definition) is 2. The number of rotatable bonds is 10. The molecule has 2 nitrogen and oxygen atoms in total. The minimum absolute atomic E-state index is 0.0671. The van der Waals surface area contributed by atoms with Gasteiger partial charge in [0.25, 0.3) is 0 Å². The van der Waals surface area contributed by atoms with Crippen molar-refractivity contribution in [3.05, 3.63) is 59.7 Å². The lowest BCUT2D eigenvalue weighted by Crippen LogP contribution is -2.31. The third-order valence-electron chi connectivity index (χ3n) is 5.73. The monoisotopic (exact) mass is 380 g/mol. The molecular formula is C26H36O2. The fraction of sp³-hybridized carbons (Fsp3) is 0.538. The second-order valence-electron chi connectivity index (χ2n) is 8.05. The molecule has 1 aliphatic heterocycles. The minimum Gasteiger partial charge on any atom is -0.373 e. The predicted octanol–water partition coefficient (Wildman–Crippen LogP) is 7.12. The lowest BCUT2D eigenvalue weighted by Gasteiger charge is -2.30. The van der Waals surface area contributed by atoms with Crippen molar-refractivity contribution in [2.24, 2.45) is 0 Å². The van der Waals surface area contributed by atoms with Crippen molar-refractivity contribution in [3.8, 4) is 11.1 Å². The van der Waals surface area contributed by atoms with Gasteiger partial charge in [-0.3, -0.25) is 0 Å². The van der Waals surface area contributed by atoms with Crippen LogP contribution >= 0.6 is 0 Å². The number of unbranched alkanes of at least 4 members (excludes halogenated alkanes) is 4. The van der Waals surface area contributed by atoms with E-state index in [4.69, 9.17) is 9.47 Å². The summed E-state index contributed by atoms with van der Waals surface area (Å²) in [5, 5.41) is 0. The molecule has 0 aromatic heterocycles. The zero-order valence-corrected chi connectivity index (χ0v) is 17.7. The van der Waals surface area contributed by atoms with Crippen molar-refractivity contribution in [1.29, 1.82) is 0 Å². The molecule has 2 aromatic carbocycles. The van der Waals surface area contributed by atoms with Gasteiger partial charge in [-0.1, -0.05) is 94.5 Å². The van der Waals surface area contributed by atoms with Gasteiger partial charge < -0.3 is 9.47 Å². The standard InChI is InChI=1S/C26H36O2/c1-3-5-7-8-9-21-11-13-22(14-12-21)23-15-17-24(18-16-23)26-20-27-25(19-28-26)10-6-4-2/h11-18,25-26H,3-10,19-20H2,1-2H3/t25-,26-/m0/s1. The van der Waals surface area contributed by atoms with Crippen molar-refractivity contribution < 1.29 is 9.47 Å². The van der Waals surface area contributed by atoms with Gasteiger partial charge in [0.05, 0.1) is 19.3 Å². The Morgan fingerprint density at radius 3 is 2.00 bits per heavy atom. The van der Waals surface area contributed by atoms with Crippen LogP contribution in [0.2, 0.25) is 0 Å². The third-order valence-corrected chi connectivity index (χ3v) is 5.73. The Kier molecular flexibility index (Phi) is 8.57. The van der Waals surface area contributed by atoms with Gasteiger partial charge in [0, 0.05) is 0 Å². The quantitative estimate of drug-likeness (QED) is 0.408. The number of hydrogen-bond donors (Lipinski definition) is 0. The van der Waals surface area contributed by atoms with Crippen LogP contribution < -0.4 is 0 Å². The fourth-order valence-electron chi connectivity index (χ4n) is 3.84. The highest BCUT2D eigenvalue weighted by Gasteiger charge is 2.23. The van der Waals surface area contributed by atoms with Crippen LogP contribution in [0.25, 0.3) is 11.1 Å². The van der Waals surface area contributed by atoms with E-state index >= 15 is 0 Å². The maximum Gasteiger partial charge on any atom is 0.106 e. The molecule has 2 aromatic rings. The predicted molar refractivity (Wildman–Crippen MR) is 118 cm³/mol. The summed E-state index contributed by atoms with van der Waals surface area (Å²) in [6.45, 7) is 5.86. The van der Waals surface area contributed by atoms with Crippen LogP contribution in [0.5, 0.6) is 0 Å². The molecule has 0 bridgehead atoms. The summed E-state index contributed by atoms with van der Waals surface area (Å²) in [4.78, 5) is 0. The first-order valence-electron chi connectivity index (χ1n) is 11.2. The van der Waals surface area contributed by atoms with Crippen molar-refractivity contribution in [2.45, 2.75) is 77.4 Å². The molecule has 0 unspecified atom stereocenters. The summed E-state index contributed by atoms with van der Waals surface area (Å²) in [6, 6.07) is 17.9. The summed E-state index contributed by atoms with van der Waals surface area (Å²) < 4.78 is 12.1. The number of ether oxygens (including phenoxy) is 2.